The fourth-order valence-electron chi connectivity index (χ4n) is 1.19. The van der Waals surface area contributed by atoms with Gasteiger partial charge < -0.3 is 5.73 Å². The van der Waals surface area contributed by atoms with Crippen molar-refractivity contribution < 1.29 is 4.92 Å². The minimum absolute atomic E-state index is 0.242. The SMILES string of the molecule is NC1=NN=C2C=C[C@@H]([N+](=O)[O-])C=C12. The van der Waals surface area contributed by atoms with Crippen molar-refractivity contribution in [3.8, 4) is 0 Å². The number of amidine groups is 1. The minimum Gasteiger partial charge on any atom is -0.382 e. The van der Waals surface area contributed by atoms with Crippen LogP contribution in [-0.2, 0) is 0 Å². The lowest BCUT2D eigenvalue weighted by atomic mass is 10.0. The maximum atomic E-state index is 10.4. The summed E-state index contributed by atoms with van der Waals surface area (Å²) in [6.07, 6.45) is 4.47. The third-order valence-corrected chi connectivity index (χ3v) is 1.85. The first-order valence-electron chi connectivity index (χ1n) is 3.64. The average Bonchev–Trinajstić information content (AvgIpc) is 2.47. The van der Waals surface area contributed by atoms with Crippen LogP contribution in [0.3, 0.4) is 0 Å². The van der Waals surface area contributed by atoms with E-state index in [1.807, 2.05) is 0 Å². The van der Waals surface area contributed by atoms with Crippen molar-refractivity contribution in [3.63, 3.8) is 0 Å². The second kappa shape index (κ2) is 2.51. The van der Waals surface area contributed by atoms with E-state index in [1.165, 1.54) is 12.2 Å². The van der Waals surface area contributed by atoms with Gasteiger partial charge in [0, 0.05) is 16.6 Å². The Hall–Kier alpha value is -1.98. The van der Waals surface area contributed by atoms with Crippen LogP contribution in [0.15, 0.2) is 34.0 Å². The molecule has 1 atom stereocenters. The number of fused-ring (bicyclic) bond motifs is 1. The molecule has 1 aliphatic carbocycles. The van der Waals surface area contributed by atoms with Gasteiger partial charge in [0.1, 0.15) is 0 Å². The molecular weight excluding hydrogens is 172 g/mol. The van der Waals surface area contributed by atoms with Crippen molar-refractivity contribution in [3.05, 3.63) is 33.9 Å². The molecule has 0 bridgehead atoms. The van der Waals surface area contributed by atoms with Crippen LogP contribution in [0.2, 0.25) is 0 Å². The van der Waals surface area contributed by atoms with Crippen LogP contribution in [0.1, 0.15) is 0 Å². The molecular formula is C7H6N4O2. The predicted octanol–water partition coefficient (Wildman–Crippen LogP) is -0.145. The molecule has 0 spiro atoms. The Morgan fingerprint density at radius 1 is 1.54 bits per heavy atom. The van der Waals surface area contributed by atoms with Gasteiger partial charge in [-0.05, 0) is 12.2 Å². The zero-order valence-electron chi connectivity index (χ0n) is 6.54. The molecule has 6 heteroatoms. The van der Waals surface area contributed by atoms with Gasteiger partial charge in [-0.3, -0.25) is 10.1 Å². The fourth-order valence-corrected chi connectivity index (χ4v) is 1.19. The molecule has 6 nitrogen and oxygen atoms in total. The lowest BCUT2D eigenvalue weighted by Crippen LogP contribution is -2.24. The van der Waals surface area contributed by atoms with Gasteiger partial charge >= 0.3 is 0 Å². The number of hydrogen-bond donors (Lipinski definition) is 1. The van der Waals surface area contributed by atoms with Gasteiger partial charge in [-0.25, -0.2) is 0 Å². The Kier molecular flexibility index (Phi) is 1.48. The van der Waals surface area contributed by atoms with Crippen LogP contribution in [0.5, 0.6) is 0 Å². The van der Waals surface area contributed by atoms with Crippen molar-refractivity contribution in [2.45, 2.75) is 6.04 Å². The summed E-state index contributed by atoms with van der Waals surface area (Å²) in [4.78, 5) is 10.0. The molecule has 2 rings (SSSR count). The Bertz CT molecular complexity index is 391. The summed E-state index contributed by atoms with van der Waals surface area (Å²) < 4.78 is 0. The minimum atomic E-state index is -0.819. The second-order valence-corrected chi connectivity index (χ2v) is 2.69. The molecule has 0 unspecified atom stereocenters. The molecule has 0 saturated carbocycles. The molecule has 2 aliphatic rings. The summed E-state index contributed by atoms with van der Waals surface area (Å²) in [5.74, 6) is 0.242. The lowest BCUT2D eigenvalue weighted by molar-refractivity contribution is -0.496. The Morgan fingerprint density at radius 2 is 2.31 bits per heavy atom. The quantitative estimate of drug-likeness (QED) is 0.447. The summed E-state index contributed by atoms with van der Waals surface area (Å²) in [7, 11) is 0. The molecule has 0 fully saturated rings. The van der Waals surface area contributed by atoms with E-state index >= 15 is 0 Å². The van der Waals surface area contributed by atoms with Gasteiger partial charge in [-0.15, -0.1) is 10.2 Å². The molecule has 1 heterocycles. The largest absolute Gasteiger partial charge is 0.382 e. The Balaban J connectivity index is 2.36. The topological polar surface area (TPSA) is 93.9 Å². The van der Waals surface area contributed by atoms with E-state index in [4.69, 9.17) is 5.73 Å². The van der Waals surface area contributed by atoms with E-state index < -0.39 is 11.0 Å². The lowest BCUT2D eigenvalue weighted by Gasteiger charge is -2.06. The van der Waals surface area contributed by atoms with Crippen LogP contribution in [0.25, 0.3) is 0 Å². The third-order valence-electron chi connectivity index (χ3n) is 1.85. The van der Waals surface area contributed by atoms with E-state index in [-0.39, 0.29) is 5.84 Å². The van der Waals surface area contributed by atoms with Gasteiger partial charge in [0.15, 0.2) is 5.84 Å². The van der Waals surface area contributed by atoms with Crippen molar-refractivity contribution in [1.29, 1.82) is 0 Å². The summed E-state index contributed by atoms with van der Waals surface area (Å²) in [6, 6.07) is -0.819. The van der Waals surface area contributed by atoms with E-state index in [0.717, 1.165) is 0 Å². The second-order valence-electron chi connectivity index (χ2n) is 2.69. The highest BCUT2D eigenvalue weighted by molar-refractivity contribution is 6.29. The number of allylic oxidation sites excluding steroid dienone is 1. The summed E-state index contributed by atoms with van der Waals surface area (Å²) >= 11 is 0. The van der Waals surface area contributed by atoms with Gasteiger partial charge in [-0.1, -0.05) is 0 Å². The normalized spacial score (nSPS) is 24.6. The maximum Gasteiger partial charge on any atom is 0.250 e. The van der Waals surface area contributed by atoms with Crippen molar-refractivity contribution in [1.82, 2.24) is 0 Å². The molecule has 2 N–H and O–H groups in total. The molecule has 0 saturated heterocycles. The molecule has 0 aromatic heterocycles. The van der Waals surface area contributed by atoms with Gasteiger partial charge in [0.25, 0.3) is 6.04 Å². The van der Waals surface area contributed by atoms with Crippen LogP contribution >= 0.6 is 0 Å². The molecule has 0 amide bonds. The Morgan fingerprint density at radius 3 is 3.00 bits per heavy atom. The number of nitrogens with zero attached hydrogens (tertiary/aromatic N) is 3. The highest BCUT2D eigenvalue weighted by atomic mass is 16.6. The zero-order chi connectivity index (χ0) is 9.42. The molecule has 1 aliphatic heterocycles. The highest BCUT2D eigenvalue weighted by Gasteiger charge is 2.25. The number of rotatable bonds is 1. The summed E-state index contributed by atoms with van der Waals surface area (Å²) in [5, 5.41) is 17.8. The monoisotopic (exact) mass is 178 g/mol. The van der Waals surface area contributed by atoms with Crippen LogP contribution in [0, 0.1) is 10.1 Å². The smallest absolute Gasteiger partial charge is 0.250 e. The van der Waals surface area contributed by atoms with E-state index in [0.29, 0.717) is 11.3 Å². The molecule has 0 aromatic carbocycles. The Labute approximate surface area is 73.3 Å². The van der Waals surface area contributed by atoms with Crippen LogP contribution in [-0.4, -0.2) is 22.5 Å². The number of hydrogen-bond acceptors (Lipinski definition) is 5. The first kappa shape index (κ1) is 7.66. The van der Waals surface area contributed by atoms with Gasteiger partial charge in [0.05, 0.1) is 5.71 Å². The number of nitrogens with two attached hydrogens (primary N) is 1. The van der Waals surface area contributed by atoms with E-state index in [2.05, 4.69) is 10.2 Å². The zero-order valence-corrected chi connectivity index (χ0v) is 6.54. The predicted molar refractivity (Wildman–Crippen MR) is 47.1 cm³/mol. The van der Waals surface area contributed by atoms with Crippen molar-refractivity contribution in [2.24, 2.45) is 15.9 Å². The highest BCUT2D eigenvalue weighted by Crippen LogP contribution is 2.16. The third kappa shape index (κ3) is 1.12. The summed E-state index contributed by atoms with van der Waals surface area (Å²) in [6.45, 7) is 0. The summed E-state index contributed by atoms with van der Waals surface area (Å²) in [5.41, 5.74) is 6.61. The molecule has 0 radical (unpaired) electrons. The van der Waals surface area contributed by atoms with Crippen molar-refractivity contribution in [2.75, 3.05) is 0 Å². The molecule has 0 aromatic rings. The van der Waals surface area contributed by atoms with E-state index in [9.17, 15) is 10.1 Å². The standard InChI is InChI=1S/C7H6N4O2/c8-7-5-3-4(11(12)13)1-2-6(5)9-10-7/h1-4H,(H2,8,10)/t4-/m1/s1. The maximum absolute atomic E-state index is 10.4. The van der Waals surface area contributed by atoms with Crippen molar-refractivity contribution >= 4 is 11.5 Å². The average molecular weight is 178 g/mol. The van der Waals surface area contributed by atoms with Crippen LogP contribution in [0.4, 0.5) is 0 Å². The fraction of sp³-hybridized carbons (Fsp3) is 0.143. The number of nitro groups is 1. The van der Waals surface area contributed by atoms with Gasteiger partial charge in [0.2, 0.25) is 0 Å². The first-order valence-corrected chi connectivity index (χ1v) is 3.64. The molecule has 66 valence electrons. The molecule has 13 heavy (non-hydrogen) atoms. The van der Waals surface area contributed by atoms with Gasteiger partial charge in [-0.2, -0.15) is 0 Å². The van der Waals surface area contributed by atoms with Crippen LogP contribution < -0.4 is 5.73 Å². The van der Waals surface area contributed by atoms with E-state index in [1.54, 1.807) is 6.08 Å². The first-order chi connectivity index (χ1) is 6.18.